The molecular weight excluding hydrogens is 138 g/mol. The Kier molecular flexibility index (Phi) is 1.77. The van der Waals surface area contributed by atoms with Crippen LogP contribution in [0.25, 0.3) is 5.70 Å². The molecule has 3 nitrogen and oxygen atoms in total. The maximum absolute atomic E-state index is 8.56. The van der Waals surface area contributed by atoms with E-state index in [-0.39, 0.29) is 0 Å². The third-order valence-corrected chi connectivity index (χ3v) is 1.51. The molecule has 11 heavy (non-hydrogen) atoms. The molecule has 0 aliphatic heterocycles. The lowest BCUT2D eigenvalue weighted by molar-refractivity contribution is 0.975. The second-order valence-corrected chi connectivity index (χ2v) is 2.34. The van der Waals surface area contributed by atoms with Crippen LogP contribution in [0.15, 0.2) is 12.8 Å². The van der Waals surface area contributed by atoms with Crippen molar-refractivity contribution in [2.75, 3.05) is 0 Å². The molecule has 0 aliphatic rings. The van der Waals surface area contributed by atoms with E-state index in [9.17, 15) is 0 Å². The summed E-state index contributed by atoms with van der Waals surface area (Å²) in [4.78, 5) is 4.04. The van der Waals surface area contributed by atoms with Gasteiger partial charge in [-0.05, 0) is 13.8 Å². The van der Waals surface area contributed by atoms with Gasteiger partial charge in [-0.15, -0.1) is 0 Å². The van der Waals surface area contributed by atoms with E-state index < -0.39 is 0 Å². The number of aryl methyl sites for hydroxylation is 2. The molecule has 0 unspecified atom stereocenters. The van der Waals surface area contributed by atoms with Crippen molar-refractivity contribution >= 4 is 5.70 Å². The third kappa shape index (κ3) is 1.15. The predicted molar refractivity (Wildman–Crippen MR) is 42.6 cm³/mol. The van der Waals surface area contributed by atoms with E-state index in [1.807, 2.05) is 19.9 Å². The number of imidazole rings is 1. The van der Waals surface area contributed by atoms with Crippen LogP contribution in [0.2, 0.25) is 0 Å². The highest BCUT2D eigenvalue weighted by molar-refractivity contribution is 5.58. The number of hydrogen-bond donors (Lipinski definition) is 0. The molecule has 56 valence electrons. The van der Waals surface area contributed by atoms with Gasteiger partial charge < -0.3 is 0 Å². The van der Waals surface area contributed by atoms with Crippen LogP contribution in [0, 0.1) is 25.2 Å². The Balaban J connectivity index is 3.23. The summed E-state index contributed by atoms with van der Waals surface area (Å²) >= 11 is 0. The number of nitriles is 1. The normalized spacial score (nSPS) is 9.18. The van der Waals surface area contributed by atoms with Gasteiger partial charge in [0.2, 0.25) is 0 Å². The van der Waals surface area contributed by atoms with E-state index >= 15 is 0 Å². The average molecular weight is 147 g/mol. The first-order valence-electron chi connectivity index (χ1n) is 3.27. The van der Waals surface area contributed by atoms with Gasteiger partial charge in [0.1, 0.15) is 17.6 Å². The minimum Gasteiger partial charge on any atom is -0.292 e. The summed E-state index contributed by atoms with van der Waals surface area (Å²) in [5.41, 5.74) is 1.35. The number of nitrogens with zero attached hydrogens (tertiary/aromatic N) is 3. The smallest absolute Gasteiger partial charge is 0.118 e. The summed E-state index contributed by atoms with van der Waals surface area (Å²) in [5, 5.41) is 8.56. The van der Waals surface area contributed by atoms with Gasteiger partial charge in [0.25, 0.3) is 0 Å². The molecule has 0 amide bonds. The second kappa shape index (κ2) is 2.59. The van der Waals surface area contributed by atoms with E-state index in [0.29, 0.717) is 5.70 Å². The van der Waals surface area contributed by atoms with Crippen LogP contribution in [0.1, 0.15) is 11.5 Å². The van der Waals surface area contributed by atoms with Gasteiger partial charge in [-0.3, -0.25) is 4.57 Å². The fourth-order valence-corrected chi connectivity index (χ4v) is 1.02. The van der Waals surface area contributed by atoms with Crippen molar-refractivity contribution in [3.05, 3.63) is 24.3 Å². The molecule has 0 saturated heterocycles. The summed E-state index contributed by atoms with van der Waals surface area (Å²) in [6, 6.07) is 1.98. The average Bonchev–Trinajstić information content (AvgIpc) is 2.30. The summed E-state index contributed by atoms with van der Waals surface area (Å²) < 4.78 is 1.72. The van der Waals surface area contributed by atoms with Crippen LogP contribution in [0.3, 0.4) is 0 Å². The zero-order valence-electron chi connectivity index (χ0n) is 6.63. The quantitative estimate of drug-likeness (QED) is 0.565. The largest absolute Gasteiger partial charge is 0.292 e. The van der Waals surface area contributed by atoms with Crippen molar-refractivity contribution < 1.29 is 0 Å². The Bertz CT molecular complexity index is 308. The maximum atomic E-state index is 8.56. The van der Waals surface area contributed by atoms with E-state index in [2.05, 4.69) is 11.6 Å². The lowest BCUT2D eigenvalue weighted by Gasteiger charge is -2.01. The van der Waals surface area contributed by atoms with E-state index in [0.717, 1.165) is 11.5 Å². The zero-order chi connectivity index (χ0) is 8.43. The fourth-order valence-electron chi connectivity index (χ4n) is 1.02. The van der Waals surface area contributed by atoms with E-state index in [1.165, 1.54) is 0 Å². The van der Waals surface area contributed by atoms with Gasteiger partial charge in [0, 0.05) is 11.9 Å². The molecule has 0 aliphatic carbocycles. The van der Waals surface area contributed by atoms with Crippen LogP contribution in [0.4, 0.5) is 0 Å². The molecule has 0 spiro atoms. The summed E-state index contributed by atoms with van der Waals surface area (Å²) in [7, 11) is 0. The van der Waals surface area contributed by atoms with Crippen molar-refractivity contribution in [3.8, 4) is 6.07 Å². The van der Waals surface area contributed by atoms with Gasteiger partial charge >= 0.3 is 0 Å². The number of rotatable bonds is 1. The summed E-state index contributed by atoms with van der Waals surface area (Å²) in [6.45, 7) is 7.33. The van der Waals surface area contributed by atoms with Crippen LogP contribution >= 0.6 is 0 Å². The highest BCUT2D eigenvalue weighted by Crippen LogP contribution is 2.08. The first kappa shape index (κ1) is 7.55. The van der Waals surface area contributed by atoms with Gasteiger partial charge in [-0.1, -0.05) is 6.58 Å². The topological polar surface area (TPSA) is 41.6 Å². The number of hydrogen-bond acceptors (Lipinski definition) is 2. The minimum atomic E-state index is 0.414. The Morgan fingerprint density at radius 2 is 2.36 bits per heavy atom. The third-order valence-electron chi connectivity index (χ3n) is 1.51. The molecule has 0 bridgehead atoms. The van der Waals surface area contributed by atoms with Crippen molar-refractivity contribution in [1.82, 2.24) is 9.55 Å². The standard InChI is InChI=1S/C8H9N3/c1-6(4-9)11-7(2)5-10-8(11)3/h5H,1H2,2-3H3. The number of aromatic nitrogens is 2. The van der Waals surface area contributed by atoms with Crippen LogP contribution < -0.4 is 0 Å². The Hall–Kier alpha value is -1.56. The molecule has 1 aromatic heterocycles. The van der Waals surface area contributed by atoms with Crippen molar-refractivity contribution in [3.63, 3.8) is 0 Å². The second-order valence-electron chi connectivity index (χ2n) is 2.34. The van der Waals surface area contributed by atoms with Gasteiger partial charge in [0.05, 0.1) is 0 Å². The highest BCUT2D eigenvalue weighted by atomic mass is 15.1. The maximum Gasteiger partial charge on any atom is 0.118 e. The van der Waals surface area contributed by atoms with Gasteiger partial charge in [0.15, 0.2) is 0 Å². The van der Waals surface area contributed by atoms with Gasteiger partial charge in [-0.25, -0.2) is 4.98 Å². The zero-order valence-corrected chi connectivity index (χ0v) is 6.63. The monoisotopic (exact) mass is 147 g/mol. The molecule has 0 atom stereocenters. The SMILES string of the molecule is C=C(C#N)n1c(C)cnc1C. The Morgan fingerprint density at radius 3 is 2.73 bits per heavy atom. The molecule has 0 aromatic carbocycles. The Morgan fingerprint density at radius 1 is 1.73 bits per heavy atom. The van der Waals surface area contributed by atoms with Crippen molar-refractivity contribution in [1.29, 1.82) is 5.26 Å². The van der Waals surface area contributed by atoms with Crippen LogP contribution in [0.5, 0.6) is 0 Å². The van der Waals surface area contributed by atoms with Crippen LogP contribution in [-0.2, 0) is 0 Å². The minimum absolute atomic E-state index is 0.414. The predicted octanol–water partition coefficient (Wildman–Crippen LogP) is 1.49. The molecule has 3 heteroatoms. The summed E-state index contributed by atoms with van der Waals surface area (Å²) in [6.07, 6.45) is 1.72. The van der Waals surface area contributed by atoms with Crippen molar-refractivity contribution in [2.24, 2.45) is 0 Å². The molecule has 0 saturated carbocycles. The van der Waals surface area contributed by atoms with Gasteiger partial charge in [-0.2, -0.15) is 5.26 Å². The fraction of sp³-hybridized carbons (Fsp3) is 0.250. The molecular formula is C8H9N3. The molecule has 1 heterocycles. The van der Waals surface area contributed by atoms with Crippen LogP contribution in [-0.4, -0.2) is 9.55 Å². The lowest BCUT2D eigenvalue weighted by Crippen LogP contribution is -1.98. The van der Waals surface area contributed by atoms with E-state index in [1.54, 1.807) is 10.8 Å². The number of allylic oxidation sites excluding steroid dienone is 1. The first-order chi connectivity index (χ1) is 5.16. The van der Waals surface area contributed by atoms with Crippen molar-refractivity contribution in [2.45, 2.75) is 13.8 Å². The molecule has 0 fully saturated rings. The first-order valence-corrected chi connectivity index (χ1v) is 3.27. The molecule has 1 rings (SSSR count). The lowest BCUT2D eigenvalue weighted by atomic mass is 10.4. The molecule has 0 N–H and O–H groups in total. The highest BCUT2D eigenvalue weighted by Gasteiger charge is 2.03. The Labute approximate surface area is 65.6 Å². The molecule has 0 radical (unpaired) electrons. The molecule has 1 aromatic rings. The van der Waals surface area contributed by atoms with E-state index in [4.69, 9.17) is 5.26 Å². The summed E-state index contributed by atoms with van der Waals surface area (Å²) in [5.74, 6) is 0.800.